The van der Waals surface area contributed by atoms with Gasteiger partial charge in [0.05, 0.1) is 0 Å². The zero-order chi connectivity index (χ0) is 10.8. The van der Waals surface area contributed by atoms with Gasteiger partial charge in [-0.3, -0.25) is 4.79 Å². The van der Waals surface area contributed by atoms with Crippen LogP contribution in [0.15, 0.2) is 11.6 Å². The lowest BCUT2D eigenvalue weighted by Crippen LogP contribution is -2.34. The maximum Gasteiger partial charge on any atom is 0.136 e. The molecule has 0 radical (unpaired) electrons. The fourth-order valence-electron chi connectivity index (χ4n) is 2.31. The summed E-state index contributed by atoms with van der Waals surface area (Å²) in [6, 6.07) is 0. The molecule has 1 rings (SSSR count). The minimum atomic E-state index is 0.210. The second-order valence-electron chi connectivity index (χ2n) is 5.38. The van der Waals surface area contributed by atoms with Crippen molar-refractivity contribution in [1.82, 2.24) is 0 Å². The van der Waals surface area contributed by atoms with Crippen LogP contribution in [0.1, 0.15) is 53.4 Å². The molecule has 0 aromatic rings. The quantitative estimate of drug-likeness (QED) is 0.612. The van der Waals surface area contributed by atoms with Gasteiger partial charge in [0.1, 0.15) is 5.78 Å². The van der Waals surface area contributed by atoms with Crippen LogP contribution in [0.4, 0.5) is 0 Å². The molecule has 1 saturated carbocycles. The largest absolute Gasteiger partial charge is 0.299 e. The Morgan fingerprint density at radius 1 is 1.50 bits per heavy atom. The molecule has 0 saturated heterocycles. The number of hydrogen-bond acceptors (Lipinski definition) is 1. The van der Waals surface area contributed by atoms with Gasteiger partial charge in [0.25, 0.3) is 0 Å². The summed E-state index contributed by atoms with van der Waals surface area (Å²) in [6.45, 7) is 8.65. The molecule has 1 aliphatic rings. The van der Waals surface area contributed by atoms with Crippen molar-refractivity contribution in [2.24, 2.45) is 11.3 Å². The first-order chi connectivity index (χ1) is 6.43. The molecular formula is C13H22O. The van der Waals surface area contributed by atoms with E-state index in [-0.39, 0.29) is 11.3 Å². The number of Topliss-reactive ketones (excluding diaryl/α,β-unsaturated/α-hetero) is 1. The minimum Gasteiger partial charge on any atom is -0.299 e. The van der Waals surface area contributed by atoms with E-state index in [4.69, 9.17) is 0 Å². The second kappa shape index (κ2) is 4.29. The zero-order valence-corrected chi connectivity index (χ0v) is 9.89. The standard InChI is InChI=1S/C13H22O/c1-10(2)7-8-11-12(14)6-5-9-13(11,3)4/h7,11H,5-6,8-9H2,1-4H3. The van der Waals surface area contributed by atoms with Gasteiger partial charge in [-0.2, -0.15) is 0 Å². The van der Waals surface area contributed by atoms with Crippen molar-refractivity contribution in [3.05, 3.63) is 11.6 Å². The van der Waals surface area contributed by atoms with E-state index in [0.29, 0.717) is 5.78 Å². The average Bonchev–Trinajstić information content (AvgIpc) is 2.01. The lowest BCUT2D eigenvalue weighted by atomic mass is 9.67. The van der Waals surface area contributed by atoms with Crippen molar-refractivity contribution in [1.29, 1.82) is 0 Å². The van der Waals surface area contributed by atoms with Crippen molar-refractivity contribution >= 4 is 5.78 Å². The van der Waals surface area contributed by atoms with Gasteiger partial charge >= 0.3 is 0 Å². The van der Waals surface area contributed by atoms with Gasteiger partial charge in [-0.05, 0) is 38.5 Å². The van der Waals surface area contributed by atoms with Gasteiger partial charge < -0.3 is 0 Å². The summed E-state index contributed by atoms with van der Waals surface area (Å²) in [5.74, 6) is 0.727. The summed E-state index contributed by atoms with van der Waals surface area (Å²) in [7, 11) is 0. The van der Waals surface area contributed by atoms with Gasteiger partial charge in [-0.15, -0.1) is 0 Å². The van der Waals surface area contributed by atoms with Crippen LogP contribution in [-0.2, 0) is 4.79 Å². The summed E-state index contributed by atoms with van der Waals surface area (Å²) >= 11 is 0. The van der Waals surface area contributed by atoms with E-state index in [1.165, 1.54) is 12.0 Å². The monoisotopic (exact) mass is 194 g/mol. The lowest BCUT2D eigenvalue weighted by Gasteiger charge is -2.37. The fourth-order valence-corrected chi connectivity index (χ4v) is 2.31. The van der Waals surface area contributed by atoms with E-state index in [1.807, 2.05) is 0 Å². The van der Waals surface area contributed by atoms with E-state index < -0.39 is 0 Å². The van der Waals surface area contributed by atoms with E-state index >= 15 is 0 Å². The molecule has 0 aromatic carbocycles. The molecule has 0 N–H and O–H groups in total. The number of rotatable bonds is 2. The minimum absolute atomic E-state index is 0.210. The highest BCUT2D eigenvalue weighted by molar-refractivity contribution is 5.82. The van der Waals surface area contributed by atoms with Crippen LogP contribution < -0.4 is 0 Å². The topological polar surface area (TPSA) is 17.1 Å². The van der Waals surface area contributed by atoms with Crippen LogP contribution >= 0.6 is 0 Å². The maximum absolute atomic E-state index is 11.8. The van der Waals surface area contributed by atoms with Crippen molar-refractivity contribution in [2.75, 3.05) is 0 Å². The molecule has 1 unspecified atom stereocenters. The van der Waals surface area contributed by atoms with Crippen molar-refractivity contribution in [2.45, 2.75) is 53.4 Å². The molecule has 14 heavy (non-hydrogen) atoms. The summed E-state index contributed by atoms with van der Waals surface area (Å²) in [5, 5.41) is 0. The highest BCUT2D eigenvalue weighted by Crippen LogP contribution is 2.40. The molecular weight excluding hydrogens is 172 g/mol. The van der Waals surface area contributed by atoms with E-state index in [9.17, 15) is 4.79 Å². The highest BCUT2D eigenvalue weighted by Gasteiger charge is 2.36. The Kier molecular flexibility index (Phi) is 3.52. The van der Waals surface area contributed by atoms with E-state index in [1.54, 1.807) is 0 Å². The third kappa shape index (κ3) is 2.70. The van der Waals surface area contributed by atoms with Crippen molar-refractivity contribution in [3.8, 4) is 0 Å². The Morgan fingerprint density at radius 2 is 2.14 bits per heavy atom. The van der Waals surface area contributed by atoms with Crippen LogP contribution in [0.25, 0.3) is 0 Å². The number of allylic oxidation sites excluding steroid dienone is 2. The van der Waals surface area contributed by atoms with Gasteiger partial charge in [-0.1, -0.05) is 25.5 Å². The summed E-state index contributed by atoms with van der Waals surface area (Å²) < 4.78 is 0. The molecule has 1 nitrogen and oxygen atoms in total. The zero-order valence-electron chi connectivity index (χ0n) is 9.89. The molecule has 80 valence electrons. The van der Waals surface area contributed by atoms with Crippen LogP contribution in [0.5, 0.6) is 0 Å². The third-order valence-electron chi connectivity index (χ3n) is 3.34. The Balaban J connectivity index is 2.71. The molecule has 1 fully saturated rings. The van der Waals surface area contributed by atoms with Crippen LogP contribution in [0.2, 0.25) is 0 Å². The van der Waals surface area contributed by atoms with Crippen LogP contribution in [0, 0.1) is 11.3 Å². The second-order valence-corrected chi connectivity index (χ2v) is 5.38. The van der Waals surface area contributed by atoms with Crippen LogP contribution in [-0.4, -0.2) is 5.78 Å². The first-order valence-corrected chi connectivity index (χ1v) is 5.59. The van der Waals surface area contributed by atoms with Crippen molar-refractivity contribution in [3.63, 3.8) is 0 Å². The van der Waals surface area contributed by atoms with Gasteiger partial charge in [0.15, 0.2) is 0 Å². The predicted octanol–water partition coefficient (Wildman–Crippen LogP) is 3.74. The van der Waals surface area contributed by atoms with E-state index in [0.717, 1.165) is 19.3 Å². The van der Waals surface area contributed by atoms with Crippen molar-refractivity contribution < 1.29 is 4.79 Å². The van der Waals surface area contributed by atoms with Gasteiger partial charge in [0, 0.05) is 12.3 Å². The molecule has 0 spiro atoms. The number of carbonyl (C=O) groups is 1. The molecule has 0 bridgehead atoms. The Labute approximate surface area is 87.6 Å². The Bertz CT molecular complexity index is 244. The molecule has 1 atom stereocenters. The third-order valence-corrected chi connectivity index (χ3v) is 3.34. The summed E-state index contributed by atoms with van der Waals surface area (Å²) in [6.07, 6.45) is 6.21. The number of carbonyl (C=O) groups excluding carboxylic acids is 1. The molecule has 0 aliphatic heterocycles. The predicted molar refractivity (Wildman–Crippen MR) is 60.2 cm³/mol. The summed E-state index contributed by atoms with van der Waals surface area (Å²) in [4.78, 5) is 11.8. The Hall–Kier alpha value is -0.590. The molecule has 1 aliphatic carbocycles. The summed E-state index contributed by atoms with van der Waals surface area (Å²) in [5.41, 5.74) is 1.53. The first kappa shape index (κ1) is 11.5. The maximum atomic E-state index is 11.8. The highest BCUT2D eigenvalue weighted by atomic mass is 16.1. The smallest absolute Gasteiger partial charge is 0.136 e. The fraction of sp³-hybridized carbons (Fsp3) is 0.769. The van der Waals surface area contributed by atoms with Gasteiger partial charge in [0.2, 0.25) is 0 Å². The average molecular weight is 194 g/mol. The molecule has 0 heterocycles. The molecule has 0 amide bonds. The lowest BCUT2D eigenvalue weighted by molar-refractivity contribution is -0.129. The number of hydrogen-bond donors (Lipinski definition) is 0. The molecule has 1 heteroatoms. The van der Waals surface area contributed by atoms with Gasteiger partial charge in [-0.25, -0.2) is 0 Å². The molecule has 0 aromatic heterocycles. The Morgan fingerprint density at radius 3 is 2.64 bits per heavy atom. The van der Waals surface area contributed by atoms with Crippen LogP contribution in [0.3, 0.4) is 0 Å². The normalized spacial score (nSPS) is 26.0. The number of ketones is 1. The SMILES string of the molecule is CC(C)=CCC1C(=O)CCCC1(C)C. The first-order valence-electron chi connectivity index (χ1n) is 5.59. The van der Waals surface area contributed by atoms with E-state index in [2.05, 4.69) is 33.8 Å².